The fraction of sp³-hybridized carbons (Fsp3) is 0.314. The molecule has 0 aromatic heterocycles. The van der Waals surface area contributed by atoms with Gasteiger partial charge in [0.1, 0.15) is 35.6 Å². The highest BCUT2D eigenvalue weighted by molar-refractivity contribution is 6.31. The summed E-state index contributed by atoms with van der Waals surface area (Å²) in [5.74, 6) is -3.03. The summed E-state index contributed by atoms with van der Waals surface area (Å²) in [5, 5.41) is 42.9. The van der Waals surface area contributed by atoms with E-state index in [9.17, 15) is 34.8 Å². The molecule has 1 heterocycles. The number of phenols is 1. The number of phenolic OH excluding ortho intramolecular Hbond substituents is 1. The van der Waals surface area contributed by atoms with Crippen LogP contribution in [-0.4, -0.2) is 87.8 Å². The quantitative estimate of drug-likeness (QED) is 0.0350. The summed E-state index contributed by atoms with van der Waals surface area (Å²) in [6.45, 7) is 3.42. The Morgan fingerprint density at radius 3 is 2.37 bits per heavy atom. The van der Waals surface area contributed by atoms with E-state index >= 15 is 0 Å². The minimum absolute atomic E-state index is 0.0161. The van der Waals surface area contributed by atoms with Crippen LogP contribution < -0.4 is 20.9 Å². The molecule has 1 aliphatic carbocycles. The number of fused-ring (bicyclic) bond motifs is 2. The van der Waals surface area contributed by atoms with E-state index in [1.807, 2.05) is 30.3 Å². The van der Waals surface area contributed by atoms with Gasteiger partial charge in [-0.05, 0) is 43.2 Å². The largest absolute Gasteiger partial charge is 0.507 e. The van der Waals surface area contributed by atoms with Crippen LogP contribution >= 0.6 is 0 Å². The number of carbonyl (C=O) groups excluding carboxylic acids is 3. The fourth-order valence-corrected chi connectivity index (χ4v) is 5.79. The molecule has 1 aliphatic heterocycles. The van der Waals surface area contributed by atoms with Crippen molar-refractivity contribution in [1.29, 1.82) is 0 Å². The number of ether oxygens (including phenoxy) is 4. The van der Waals surface area contributed by atoms with Gasteiger partial charge < -0.3 is 50.8 Å². The van der Waals surface area contributed by atoms with Gasteiger partial charge in [0.15, 0.2) is 17.5 Å². The van der Waals surface area contributed by atoms with Crippen LogP contribution in [0.3, 0.4) is 0 Å². The minimum atomic E-state index is -1.47. The van der Waals surface area contributed by atoms with Gasteiger partial charge in [-0.15, -0.1) is 0 Å². The molecule has 3 aromatic carbocycles. The van der Waals surface area contributed by atoms with Crippen molar-refractivity contribution in [2.24, 2.45) is 16.5 Å². The van der Waals surface area contributed by atoms with E-state index in [1.54, 1.807) is 6.08 Å². The molecule has 258 valence electrons. The zero-order valence-corrected chi connectivity index (χ0v) is 27.0. The van der Waals surface area contributed by atoms with Crippen molar-refractivity contribution in [1.82, 2.24) is 0 Å². The number of ketones is 2. The summed E-state index contributed by atoms with van der Waals surface area (Å²) < 4.78 is 23.1. The Morgan fingerprint density at radius 2 is 1.71 bits per heavy atom. The molecule has 0 saturated carbocycles. The van der Waals surface area contributed by atoms with Crippen molar-refractivity contribution in [3.05, 3.63) is 87.0 Å². The van der Waals surface area contributed by atoms with Gasteiger partial charge in [0.25, 0.3) is 0 Å². The second kappa shape index (κ2) is 14.6. The maximum atomic E-state index is 14.4. The number of aliphatic hydroxyl groups excluding tert-OH is 3. The molecule has 0 amide bonds. The Bertz CT molecular complexity index is 1840. The molecule has 2 aliphatic rings. The van der Waals surface area contributed by atoms with Crippen molar-refractivity contribution >= 4 is 35.6 Å². The molecule has 14 heteroatoms. The van der Waals surface area contributed by atoms with Crippen LogP contribution in [0.4, 0.5) is 0 Å². The zero-order chi connectivity index (χ0) is 35.6. The first kappa shape index (κ1) is 35.2. The van der Waals surface area contributed by atoms with Gasteiger partial charge in [-0.3, -0.25) is 19.4 Å². The van der Waals surface area contributed by atoms with Gasteiger partial charge in [0.2, 0.25) is 6.29 Å². The SMILES string of the molecule is CC(=O)Oc1cc(CO)c2c(c1C=Cc1ccccc1)C(=O)c1cc(OC3OC(C)C(O)C(O)C3OCCN=C(N)N)c(C)c(O)c1C2=O. The Kier molecular flexibility index (Phi) is 10.5. The van der Waals surface area contributed by atoms with E-state index in [4.69, 9.17) is 30.4 Å². The third-order valence-electron chi connectivity index (χ3n) is 8.23. The minimum Gasteiger partial charge on any atom is -0.507 e. The van der Waals surface area contributed by atoms with Crippen LogP contribution in [0.1, 0.15) is 67.9 Å². The standard InChI is InChI=1S/C35H37N3O11/c1-16-23(49-34-33(46-12-11-38-35(36)37)32(45)29(42)17(2)47-34)14-22-27(28(16)41)31(44)25-20(15-39)13-24(48-18(3)40)21(26(25)30(22)43)10-9-19-7-5-4-6-8-19/h4-10,13-14,17,29,32-34,39,41-42,45H,11-12,15H2,1-3H3,(H4,36,37,38). The van der Waals surface area contributed by atoms with Crippen LogP contribution in [-0.2, 0) is 20.9 Å². The first-order valence-corrected chi connectivity index (χ1v) is 15.4. The van der Waals surface area contributed by atoms with Crippen molar-refractivity contribution in [3.8, 4) is 17.2 Å². The summed E-state index contributed by atoms with van der Waals surface area (Å²) in [6, 6.07) is 11.6. The van der Waals surface area contributed by atoms with E-state index in [1.165, 1.54) is 39.0 Å². The van der Waals surface area contributed by atoms with Crippen LogP contribution in [0.25, 0.3) is 12.2 Å². The maximum absolute atomic E-state index is 14.4. The number of guanidine groups is 1. The number of aliphatic imine (C=N–C) groups is 1. The third-order valence-corrected chi connectivity index (χ3v) is 8.23. The first-order chi connectivity index (χ1) is 23.3. The third kappa shape index (κ3) is 7.04. The summed E-state index contributed by atoms with van der Waals surface area (Å²) in [5.41, 5.74) is 10.8. The van der Waals surface area contributed by atoms with Crippen molar-refractivity contribution in [2.45, 2.75) is 58.1 Å². The fourth-order valence-electron chi connectivity index (χ4n) is 5.79. The lowest BCUT2D eigenvalue weighted by atomic mass is 9.78. The number of nitrogens with two attached hydrogens (primary N) is 2. The van der Waals surface area contributed by atoms with Crippen molar-refractivity contribution in [2.75, 3.05) is 13.2 Å². The molecule has 5 rings (SSSR count). The van der Waals surface area contributed by atoms with Crippen molar-refractivity contribution < 1.29 is 53.8 Å². The Labute approximate surface area is 281 Å². The van der Waals surface area contributed by atoms with Crippen molar-refractivity contribution in [3.63, 3.8) is 0 Å². The number of esters is 1. The Morgan fingerprint density at radius 1 is 1.00 bits per heavy atom. The number of hydrogen-bond acceptors (Lipinski definition) is 12. The molecule has 5 unspecified atom stereocenters. The van der Waals surface area contributed by atoms with E-state index in [2.05, 4.69) is 4.99 Å². The number of carbonyl (C=O) groups is 3. The van der Waals surface area contributed by atoms with E-state index in [-0.39, 0.29) is 69.6 Å². The highest BCUT2D eigenvalue weighted by Crippen LogP contribution is 2.44. The van der Waals surface area contributed by atoms with Gasteiger partial charge in [-0.2, -0.15) is 0 Å². The summed E-state index contributed by atoms with van der Waals surface area (Å²) in [4.78, 5) is 44.4. The maximum Gasteiger partial charge on any atom is 0.308 e. The monoisotopic (exact) mass is 675 g/mol. The number of benzene rings is 3. The molecule has 0 radical (unpaired) electrons. The molecular weight excluding hydrogens is 638 g/mol. The lowest BCUT2D eigenvalue weighted by molar-refractivity contribution is -0.278. The Hall–Kier alpha value is -5.12. The summed E-state index contributed by atoms with van der Waals surface area (Å²) in [6.07, 6.45) is -3.13. The van der Waals surface area contributed by atoms with Crippen LogP contribution in [0, 0.1) is 6.92 Å². The number of aliphatic hydroxyl groups is 3. The molecule has 5 atom stereocenters. The van der Waals surface area contributed by atoms with Crippen LogP contribution in [0.5, 0.6) is 17.2 Å². The highest BCUT2D eigenvalue weighted by atomic mass is 16.7. The molecule has 8 N–H and O–H groups in total. The van der Waals surface area contributed by atoms with E-state index in [0.717, 1.165) is 5.56 Å². The zero-order valence-electron chi connectivity index (χ0n) is 27.0. The average Bonchev–Trinajstić information content (AvgIpc) is 3.06. The van der Waals surface area contributed by atoms with E-state index < -0.39 is 60.6 Å². The van der Waals surface area contributed by atoms with Gasteiger partial charge in [-0.1, -0.05) is 36.4 Å². The van der Waals surface area contributed by atoms with Crippen LogP contribution in [0.15, 0.2) is 47.5 Å². The van der Waals surface area contributed by atoms with E-state index in [0.29, 0.717) is 0 Å². The molecule has 3 aromatic rings. The molecule has 1 saturated heterocycles. The highest BCUT2D eigenvalue weighted by Gasteiger charge is 2.46. The first-order valence-electron chi connectivity index (χ1n) is 15.4. The predicted molar refractivity (Wildman–Crippen MR) is 176 cm³/mol. The van der Waals surface area contributed by atoms with Crippen LogP contribution in [0.2, 0.25) is 0 Å². The second-order valence-corrected chi connectivity index (χ2v) is 11.6. The number of rotatable bonds is 10. The number of nitrogens with zero attached hydrogens (tertiary/aromatic N) is 1. The second-order valence-electron chi connectivity index (χ2n) is 11.6. The summed E-state index contributed by atoms with van der Waals surface area (Å²) >= 11 is 0. The molecular formula is C35H37N3O11. The molecule has 14 nitrogen and oxygen atoms in total. The van der Waals surface area contributed by atoms with Gasteiger partial charge >= 0.3 is 5.97 Å². The smallest absolute Gasteiger partial charge is 0.308 e. The Balaban J connectivity index is 1.61. The van der Waals surface area contributed by atoms with Gasteiger partial charge in [-0.25, -0.2) is 0 Å². The topological polar surface area (TPSA) is 233 Å². The predicted octanol–water partition coefficient (Wildman–Crippen LogP) is 1.57. The average molecular weight is 676 g/mol. The molecule has 0 spiro atoms. The normalized spacial score (nSPS) is 21.6. The number of aromatic hydroxyl groups is 1. The summed E-state index contributed by atoms with van der Waals surface area (Å²) in [7, 11) is 0. The van der Waals surface area contributed by atoms with Gasteiger partial charge in [0.05, 0.1) is 31.4 Å². The molecule has 49 heavy (non-hydrogen) atoms. The molecule has 0 bridgehead atoms. The number of hydrogen-bond donors (Lipinski definition) is 6. The lowest BCUT2D eigenvalue weighted by Crippen LogP contribution is -2.59. The van der Waals surface area contributed by atoms with Gasteiger partial charge in [0, 0.05) is 34.7 Å². The molecule has 1 fully saturated rings. The lowest BCUT2D eigenvalue weighted by Gasteiger charge is -2.41.